The lowest BCUT2D eigenvalue weighted by Crippen LogP contribution is -2.43. The summed E-state index contributed by atoms with van der Waals surface area (Å²) >= 11 is 10.9. The van der Waals surface area contributed by atoms with E-state index in [1.54, 1.807) is 24.3 Å². The predicted molar refractivity (Wildman–Crippen MR) is 100 cm³/mol. The number of rotatable bonds is 6. The molecule has 0 atom stereocenters. The van der Waals surface area contributed by atoms with Crippen molar-refractivity contribution in [3.8, 4) is 5.75 Å². The number of ether oxygens (including phenoxy) is 1. The highest BCUT2D eigenvalue weighted by atomic mass is 35.5. The molecule has 0 saturated carbocycles. The van der Waals surface area contributed by atoms with Crippen molar-refractivity contribution in [1.29, 1.82) is 0 Å². The molecule has 0 unspecified atom stereocenters. The molecule has 0 aliphatic rings. The smallest absolute Gasteiger partial charge is 0.238 e. The number of nitrogens with one attached hydrogen (secondary N) is 3. The van der Waals surface area contributed by atoms with E-state index in [4.69, 9.17) is 28.6 Å². The number of hydrogen-bond donors (Lipinski definition) is 3. The Morgan fingerprint density at radius 2 is 1.75 bits per heavy atom. The van der Waals surface area contributed by atoms with Crippen LogP contribution in [-0.4, -0.2) is 17.6 Å². The summed E-state index contributed by atoms with van der Waals surface area (Å²) in [6.07, 6.45) is 0.948. The van der Waals surface area contributed by atoms with E-state index in [0.29, 0.717) is 29.6 Å². The van der Waals surface area contributed by atoms with Gasteiger partial charge in [-0.1, -0.05) is 29.8 Å². The van der Waals surface area contributed by atoms with Crippen molar-refractivity contribution in [2.75, 3.05) is 11.9 Å². The maximum absolute atomic E-state index is 11.7. The molecule has 7 heteroatoms. The van der Waals surface area contributed by atoms with Gasteiger partial charge in [0.25, 0.3) is 0 Å². The molecule has 2 aromatic carbocycles. The molecule has 0 radical (unpaired) electrons. The van der Waals surface area contributed by atoms with E-state index in [1.165, 1.54) is 0 Å². The molecule has 0 fully saturated rings. The molecule has 5 nitrogen and oxygen atoms in total. The number of hydrazine groups is 1. The zero-order valence-electron chi connectivity index (χ0n) is 12.9. The number of para-hydroxylation sites is 1. The largest absolute Gasteiger partial charge is 0.494 e. The third kappa shape index (κ3) is 6.85. The van der Waals surface area contributed by atoms with Gasteiger partial charge >= 0.3 is 0 Å². The van der Waals surface area contributed by atoms with Crippen LogP contribution < -0.4 is 20.9 Å². The predicted octanol–water partition coefficient (Wildman–Crippen LogP) is 3.52. The van der Waals surface area contributed by atoms with E-state index in [9.17, 15) is 4.79 Å². The Morgan fingerprint density at radius 3 is 2.46 bits per heavy atom. The standard InChI is InChI=1S/C17H18ClN3O2S/c18-13-8-10-14(11-9-13)19-17(24)21-20-16(22)7-4-12-23-15-5-2-1-3-6-15/h1-3,5-6,8-11H,4,7,12H2,(H,20,22)(H2,19,21,24). The lowest BCUT2D eigenvalue weighted by molar-refractivity contribution is -0.121. The minimum atomic E-state index is -0.160. The van der Waals surface area contributed by atoms with Crippen LogP contribution >= 0.6 is 23.8 Å². The van der Waals surface area contributed by atoms with Crippen LogP contribution in [0.4, 0.5) is 5.69 Å². The van der Waals surface area contributed by atoms with Crippen LogP contribution in [0.3, 0.4) is 0 Å². The molecule has 0 aliphatic carbocycles. The first kappa shape index (κ1) is 18.0. The van der Waals surface area contributed by atoms with Crippen LogP contribution in [0.15, 0.2) is 54.6 Å². The van der Waals surface area contributed by atoms with E-state index in [-0.39, 0.29) is 5.91 Å². The normalized spacial score (nSPS) is 9.88. The summed E-state index contributed by atoms with van der Waals surface area (Å²) in [5, 5.41) is 3.88. The fraction of sp³-hybridized carbons (Fsp3) is 0.176. The summed E-state index contributed by atoms with van der Waals surface area (Å²) in [6.45, 7) is 0.477. The van der Waals surface area contributed by atoms with Gasteiger partial charge in [0.15, 0.2) is 5.11 Å². The van der Waals surface area contributed by atoms with Crippen LogP contribution in [-0.2, 0) is 4.79 Å². The summed E-state index contributed by atoms with van der Waals surface area (Å²) in [4.78, 5) is 11.7. The summed E-state index contributed by atoms with van der Waals surface area (Å²) in [6, 6.07) is 16.6. The number of amides is 1. The van der Waals surface area contributed by atoms with Gasteiger partial charge in [0.05, 0.1) is 6.61 Å². The molecular weight excluding hydrogens is 346 g/mol. The molecule has 2 rings (SSSR count). The Hall–Kier alpha value is -2.31. The lowest BCUT2D eigenvalue weighted by Gasteiger charge is -2.11. The molecule has 1 amide bonds. The highest BCUT2D eigenvalue weighted by Crippen LogP contribution is 2.13. The van der Waals surface area contributed by atoms with Crippen LogP contribution in [0.5, 0.6) is 5.75 Å². The molecule has 0 spiro atoms. The minimum absolute atomic E-state index is 0.160. The number of thiocarbonyl (C=S) groups is 1. The molecule has 3 N–H and O–H groups in total. The molecule has 0 saturated heterocycles. The lowest BCUT2D eigenvalue weighted by atomic mass is 10.3. The molecule has 24 heavy (non-hydrogen) atoms. The molecule has 126 valence electrons. The van der Waals surface area contributed by atoms with Crippen molar-refractivity contribution in [3.63, 3.8) is 0 Å². The first-order valence-electron chi connectivity index (χ1n) is 7.43. The Kier molecular flexibility index (Phi) is 7.32. The van der Waals surface area contributed by atoms with Crippen molar-refractivity contribution in [2.24, 2.45) is 0 Å². The molecule has 2 aromatic rings. The number of halogens is 1. The van der Waals surface area contributed by atoms with Crippen LogP contribution in [0.25, 0.3) is 0 Å². The third-order valence-corrected chi connectivity index (χ3v) is 3.43. The van der Waals surface area contributed by atoms with Crippen molar-refractivity contribution >= 4 is 40.5 Å². The average molecular weight is 364 g/mol. The Morgan fingerprint density at radius 1 is 1.04 bits per heavy atom. The van der Waals surface area contributed by atoms with Crippen LogP contribution in [0, 0.1) is 0 Å². The van der Waals surface area contributed by atoms with Crippen molar-refractivity contribution in [2.45, 2.75) is 12.8 Å². The second-order valence-electron chi connectivity index (χ2n) is 4.90. The number of benzene rings is 2. The number of carbonyl (C=O) groups is 1. The SMILES string of the molecule is O=C(CCCOc1ccccc1)NNC(=S)Nc1ccc(Cl)cc1. The molecule has 0 aromatic heterocycles. The minimum Gasteiger partial charge on any atom is -0.494 e. The van der Waals surface area contributed by atoms with Gasteiger partial charge in [-0.25, -0.2) is 0 Å². The van der Waals surface area contributed by atoms with Gasteiger partial charge in [-0.2, -0.15) is 0 Å². The monoisotopic (exact) mass is 363 g/mol. The number of anilines is 1. The van der Waals surface area contributed by atoms with E-state index in [2.05, 4.69) is 16.2 Å². The summed E-state index contributed by atoms with van der Waals surface area (Å²) in [7, 11) is 0. The number of hydrogen-bond acceptors (Lipinski definition) is 3. The van der Waals surface area contributed by atoms with Crippen molar-refractivity contribution in [1.82, 2.24) is 10.9 Å². The second-order valence-corrected chi connectivity index (χ2v) is 5.74. The highest BCUT2D eigenvalue weighted by Gasteiger charge is 2.03. The van der Waals surface area contributed by atoms with Gasteiger partial charge in [0.2, 0.25) is 5.91 Å². The van der Waals surface area contributed by atoms with Gasteiger partial charge < -0.3 is 10.1 Å². The first-order valence-corrected chi connectivity index (χ1v) is 8.21. The second kappa shape index (κ2) is 9.75. The van der Waals surface area contributed by atoms with Gasteiger partial charge in [-0.15, -0.1) is 0 Å². The maximum Gasteiger partial charge on any atom is 0.238 e. The fourth-order valence-corrected chi connectivity index (χ4v) is 2.12. The Balaban J connectivity index is 1.58. The van der Waals surface area contributed by atoms with Gasteiger partial charge in [-0.3, -0.25) is 15.6 Å². The summed E-state index contributed by atoms with van der Waals surface area (Å²) in [5.41, 5.74) is 5.97. The maximum atomic E-state index is 11.7. The molecule has 0 aliphatic heterocycles. The third-order valence-electron chi connectivity index (χ3n) is 2.98. The first-order chi connectivity index (χ1) is 11.6. The quantitative estimate of drug-likeness (QED) is 0.416. The fourth-order valence-electron chi connectivity index (χ4n) is 1.82. The van der Waals surface area contributed by atoms with E-state index >= 15 is 0 Å². The molecular formula is C17H18ClN3O2S. The van der Waals surface area contributed by atoms with Gasteiger partial charge in [0.1, 0.15) is 5.75 Å². The van der Waals surface area contributed by atoms with Crippen molar-refractivity contribution < 1.29 is 9.53 Å². The number of carbonyl (C=O) groups excluding carboxylic acids is 1. The van der Waals surface area contributed by atoms with E-state index < -0.39 is 0 Å². The van der Waals surface area contributed by atoms with Crippen molar-refractivity contribution in [3.05, 3.63) is 59.6 Å². The zero-order valence-corrected chi connectivity index (χ0v) is 14.5. The molecule has 0 bridgehead atoms. The Bertz CT molecular complexity index is 665. The van der Waals surface area contributed by atoms with E-state index in [1.807, 2.05) is 30.3 Å². The van der Waals surface area contributed by atoms with Gasteiger partial charge in [0, 0.05) is 17.1 Å². The van der Waals surface area contributed by atoms with E-state index in [0.717, 1.165) is 11.4 Å². The Labute approximate surface area is 151 Å². The van der Waals surface area contributed by atoms with Gasteiger partial charge in [-0.05, 0) is 55.0 Å². The highest BCUT2D eigenvalue weighted by molar-refractivity contribution is 7.80. The van der Waals surface area contributed by atoms with Crippen LogP contribution in [0.1, 0.15) is 12.8 Å². The average Bonchev–Trinajstić information content (AvgIpc) is 2.60. The zero-order chi connectivity index (χ0) is 17.2. The topological polar surface area (TPSA) is 62.4 Å². The summed E-state index contributed by atoms with van der Waals surface area (Å²) < 4.78 is 5.52. The van der Waals surface area contributed by atoms with Crippen LogP contribution in [0.2, 0.25) is 5.02 Å². The summed E-state index contributed by atoms with van der Waals surface area (Å²) in [5.74, 6) is 0.635. The molecule has 0 heterocycles.